The first-order valence-corrected chi connectivity index (χ1v) is 12.4. The summed E-state index contributed by atoms with van der Waals surface area (Å²) in [4.78, 5) is 26.1. The van der Waals surface area contributed by atoms with Gasteiger partial charge in [0.1, 0.15) is 17.9 Å². The molecule has 0 radical (unpaired) electrons. The lowest BCUT2D eigenvalue weighted by Gasteiger charge is -2.45. The van der Waals surface area contributed by atoms with Crippen LogP contribution in [0.2, 0.25) is 0 Å². The van der Waals surface area contributed by atoms with Gasteiger partial charge in [-0.2, -0.15) is 5.26 Å². The van der Waals surface area contributed by atoms with Crippen LogP contribution in [0.25, 0.3) is 0 Å². The van der Waals surface area contributed by atoms with Crippen molar-refractivity contribution in [3.8, 4) is 11.8 Å². The van der Waals surface area contributed by atoms with E-state index < -0.39 is 24.2 Å². The van der Waals surface area contributed by atoms with Gasteiger partial charge in [0.25, 0.3) is 0 Å². The third-order valence-corrected chi connectivity index (χ3v) is 7.82. The van der Waals surface area contributed by atoms with Gasteiger partial charge in [0, 0.05) is 12.0 Å². The number of hydrogen-bond donors (Lipinski definition) is 2. The van der Waals surface area contributed by atoms with Gasteiger partial charge in [0.05, 0.1) is 18.2 Å². The summed E-state index contributed by atoms with van der Waals surface area (Å²) in [6.45, 7) is -0.0207. The zero-order valence-corrected chi connectivity index (χ0v) is 20.8. The van der Waals surface area contributed by atoms with Gasteiger partial charge in [-0.25, -0.2) is 9.59 Å². The Balaban J connectivity index is 1.45. The van der Waals surface area contributed by atoms with Crippen molar-refractivity contribution in [2.24, 2.45) is 5.92 Å². The molecule has 1 aliphatic heterocycles. The van der Waals surface area contributed by atoms with E-state index in [4.69, 9.17) is 4.74 Å². The average Bonchev–Trinajstić information content (AvgIpc) is 3.29. The molecule has 2 aromatic rings. The van der Waals surface area contributed by atoms with E-state index in [2.05, 4.69) is 49.3 Å². The normalized spacial score (nSPS) is 25.9. The predicted octanol–water partition coefficient (Wildman–Crippen LogP) is 4.33. The maximum Gasteiger partial charge on any atom is 0.408 e. The van der Waals surface area contributed by atoms with Crippen molar-refractivity contribution in [2.45, 2.75) is 56.2 Å². The van der Waals surface area contributed by atoms with Crippen LogP contribution in [-0.2, 0) is 16.8 Å². The molecule has 2 atom stereocenters. The summed E-state index contributed by atoms with van der Waals surface area (Å²) in [5, 5.41) is 28.3. The van der Waals surface area contributed by atoms with E-state index in [0.717, 1.165) is 42.6 Å². The summed E-state index contributed by atoms with van der Waals surface area (Å²) >= 11 is 0. The number of likely N-dealkylation sites (tertiary alicyclic amines) is 1. The van der Waals surface area contributed by atoms with E-state index in [0.29, 0.717) is 17.2 Å². The summed E-state index contributed by atoms with van der Waals surface area (Å²) in [6, 6.07) is 17.2. The Labute approximate surface area is 211 Å². The highest BCUT2D eigenvalue weighted by atomic mass is 16.5. The minimum absolute atomic E-state index is 0.0207. The average molecular weight is 492 g/mol. The summed E-state index contributed by atoms with van der Waals surface area (Å²) < 4.78 is 6.00. The van der Waals surface area contributed by atoms with Crippen molar-refractivity contribution in [2.75, 3.05) is 20.6 Å². The fourth-order valence-corrected chi connectivity index (χ4v) is 5.87. The lowest BCUT2D eigenvalue weighted by molar-refractivity contribution is -0.141. The molecule has 0 spiro atoms. The largest absolute Gasteiger partial charge is 0.488 e. The van der Waals surface area contributed by atoms with E-state index in [1.807, 2.05) is 18.2 Å². The van der Waals surface area contributed by atoms with Crippen LogP contribution in [0.4, 0.5) is 4.79 Å². The molecule has 1 amide bonds. The summed E-state index contributed by atoms with van der Waals surface area (Å²) in [7, 11) is 4.30. The molecule has 1 saturated carbocycles. The number of aliphatic carboxylic acids is 1. The lowest BCUT2D eigenvalue weighted by Crippen LogP contribution is -2.44. The van der Waals surface area contributed by atoms with Crippen molar-refractivity contribution in [3.05, 3.63) is 65.2 Å². The second-order valence-electron chi connectivity index (χ2n) is 10.2. The van der Waals surface area contributed by atoms with E-state index in [9.17, 15) is 25.1 Å². The first kappa shape index (κ1) is 25.5. The van der Waals surface area contributed by atoms with Gasteiger partial charge in [-0.3, -0.25) is 9.80 Å². The SMILES string of the molecule is CN(C)C1(c2ccccc2)CCC(Cc2cc(C#N)cc(O[C@H]3C[C@@H](C(=O)O)N(C(=O)O)C3)c2)CC1. The molecule has 0 unspecified atom stereocenters. The lowest BCUT2D eigenvalue weighted by atomic mass is 9.70. The molecule has 0 bridgehead atoms. The molecule has 36 heavy (non-hydrogen) atoms. The fourth-order valence-electron chi connectivity index (χ4n) is 5.87. The first-order chi connectivity index (χ1) is 17.2. The number of rotatable bonds is 7. The molecular formula is C28H33N3O5. The Morgan fingerprint density at radius 3 is 2.39 bits per heavy atom. The number of ether oxygens (including phenoxy) is 1. The molecule has 2 fully saturated rings. The highest BCUT2D eigenvalue weighted by Crippen LogP contribution is 2.44. The smallest absolute Gasteiger partial charge is 0.408 e. The van der Waals surface area contributed by atoms with E-state index in [1.54, 1.807) is 6.07 Å². The van der Waals surface area contributed by atoms with Gasteiger partial charge in [0.15, 0.2) is 0 Å². The molecule has 4 rings (SSSR count). The standard InChI is InChI=1S/C28H33N3O5/c1-30(2)28(22-6-4-3-5-7-22)10-8-19(9-11-28)12-20-13-21(17-29)15-23(14-20)36-24-16-25(26(32)33)31(18-24)27(34)35/h3-7,13-15,19,24-25H,8-12,16,18H2,1-2H3,(H,32,33)(H,34,35)/t19?,24-,25-,28?/m0/s1. The monoisotopic (exact) mass is 491 g/mol. The van der Waals surface area contributed by atoms with Crippen molar-refractivity contribution < 1.29 is 24.5 Å². The second kappa shape index (κ2) is 10.6. The molecule has 2 aliphatic rings. The number of carbonyl (C=O) groups is 2. The van der Waals surface area contributed by atoms with E-state index in [-0.39, 0.29) is 18.5 Å². The van der Waals surface area contributed by atoms with Crippen LogP contribution in [0, 0.1) is 17.2 Å². The van der Waals surface area contributed by atoms with Crippen LogP contribution in [0.3, 0.4) is 0 Å². The topological polar surface area (TPSA) is 114 Å². The van der Waals surface area contributed by atoms with Crippen LogP contribution in [0.5, 0.6) is 5.75 Å². The van der Waals surface area contributed by atoms with Crippen LogP contribution in [-0.4, -0.2) is 64.9 Å². The van der Waals surface area contributed by atoms with Gasteiger partial charge < -0.3 is 14.9 Å². The number of nitriles is 1. The minimum Gasteiger partial charge on any atom is -0.488 e. The zero-order chi connectivity index (χ0) is 25.9. The quantitative estimate of drug-likeness (QED) is 0.592. The molecule has 8 heteroatoms. The molecule has 2 aromatic carbocycles. The maximum absolute atomic E-state index is 11.5. The number of carboxylic acids is 1. The van der Waals surface area contributed by atoms with Crippen LogP contribution in [0.1, 0.15) is 48.8 Å². The Kier molecular flexibility index (Phi) is 7.51. The number of hydrogen-bond acceptors (Lipinski definition) is 5. The molecule has 1 aliphatic carbocycles. The van der Waals surface area contributed by atoms with Gasteiger partial charge in [-0.15, -0.1) is 0 Å². The fraction of sp³-hybridized carbons (Fsp3) is 0.464. The van der Waals surface area contributed by atoms with Gasteiger partial charge in [-0.1, -0.05) is 30.3 Å². The van der Waals surface area contributed by atoms with Crippen LogP contribution < -0.4 is 4.74 Å². The van der Waals surface area contributed by atoms with Crippen molar-refractivity contribution in [3.63, 3.8) is 0 Å². The Morgan fingerprint density at radius 2 is 1.83 bits per heavy atom. The van der Waals surface area contributed by atoms with Crippen LogP contribution >= 0.6 is 0 Å². The van der Waals surface area contributed by atoms with Gasteiger partial charge in [0.2, 0.25) is 0 Å². The number of nitrogens with zero attached hydrogens (tertiary/aromatic N) is 3. The third kappa shape index (κ3) is 5.31. The molecule has 190 valence electrons. The number of carboxylic acid groups (broad SMARTS) is 2. The highest BCUT2D eigenvalue weighted by Gasteiger charge is 2.41. The molecule has 1 saturated heterocycles. The van der Waals surface area contributed by atoms with E-state index >= 15 is 0 Å². The molecule has 1 heterocycles. The van der Waals surface area contributed by atoms with Gasteiger partial charge >= 0.3 is 12.1 Å². The zero-order valence-electron chi connectivity index (χ0n) is 20.8. The first-order valence-electron chi connectivity index (χ1n) is 12.4. The minimum atomic E-state index is -1.28. The van der Waals surface area contributed by atoms with Gasteiger partial charge in [-0.05, 0) is 81.4 Å². The highest BCUT2D eigenvalue weighted by molar-refractivity contribution is 5.80. The summed E-state index contributed by atoms with van der Waals surface area (Å²) in [6.07, 6.45) is 3.29. The second-order valence-corrected chi connectivity index (χ2v) is 10.2. The van der Waals surface area contributed by atoms with E-state index in [1.165, 1.54) is 5.56 Å². The molecule has 2 N–H and O–H groups in total. The van der Waals surface area contributed by atoms with Crippen molar-refractivity contribution in [1.29, 1.82) is 5.26 Å². The number of amides is 1. The van der Waals surface area contributed by atoms with Crippen LogP contribution in [0.15, 0.2) is 48.5 Å². The third-order valence-electron chi connectivity index (χ3n) is 7.82. The molecule has 0 aromatic heterocycles. The molecular weight excluding hydrogens is 458 g/mol. The Hall–Kier alpha value is -3.57. The summed E-state index contributed by atoms with van der Waals surface area (Å²) in [5.74, 6) is -0.223. The Bertz CT molecular complexity index is 1110. The van der Waals surface area contributed by atoms with Crippen molar-refractivity contribution in [1.82, 2.24) is 9.80 Å². The molecule has 8 nitrogen and oxygen atoms in total. The predicted molar refractivity (Wildman–Crippen MR) is 134 cm³/mol. The maximum atomic E-state index is 11.5. The van der Waals surface area contributed by atoms with Crippen molar-refractivity contribution >= 4 is 12.1 Å². The Morgan fingerprint density at radius 1 is 1.14 bits per heavy atom. The number of benzene rings is 2. The summed E-state index contributed by atoms with van der Waals surface area (Å²) in [5.41, 5.74) is 2.86.